The van der Waals surface area contributed by atoms with E-state index in [1.807, 2.05) is 30.3 Å². The Morgan fingerprint density at radius 2 is 1.64 bits per heavy atom. The van der Waals surface area contributed by atoms with E-state index in [-0.39, 0.29) is 6.79 Å². The normalized spacial score (nSPS) is 25.1. The Labute approximate surface area is 193 Å². The Morgan fingerprint density at radius 1 is 0.909 bits per heavy atom. The van der Waals surface area contributed by atoms with Crippen molar-refractivity contribution in [2.45, 2.75) is 43.5 Å². The summed E-state index contributed by atoms with van der Waals surface area (Å²) in [6, 6.07) is 13.4. The van der Waals surface area contributed by atoms with Crippen molar-refractivity contribution in [1.29, 1.82) is 0 Å². The second-order valence-corrected chi connectivity index (χ2v) is 7.85. The van der Waals surface area contributed by atoms with E-state index in [9.17, 15) is 20.4 Å². The highest BCUT2D eigenvalue weighted by atomic mass is 16.7. The lowest BCUT2D eigenvalue weighted by molar-refractivity contribution is -0.277. The quantitative estimate of drug-likeness (QED) is 0.280. The maximum Gasteiger partial charge on any atom is 0.229 e. The largest absolute Gasteiger partial charge is 0.497 e. The molecule has 2 aromatic carbocycles. The zero-order valence-electron chi connectivity index (χ0n) is 18.8. The van der Waals surface area contributed by atoms with Gasteiger partial charge in [-0.25, -0.2) is 0 Å². The van der Waals surface area contributed by atoms with E-state index in [0.29, 0.717) is 24.5 Å². The van der Waals surface area contributed by atoms with Crippen molar-refractivity contribution >= 4 is 0 Å². The fourth-order valence-corrected chi connectivity index (χ4v) is 3.58. The van der Waals surface area contributed by atoms with Crippen LogP contribution in [0.25, 0.3) is 0 Å². The molecule has 0 aliphatic carbocycles. The molecule has 1 saturated heterocycles. The lowest BCUT2D eigenvalue weighted by Crippen LogP contribution is -2.60. The minimum absolute atomic E-state index is 0.271. The van der Waals surface area contributed by atoms with Crippen molar-refractivity contribution in [2.75, 3.05) is 34.2 Å². The third-order valence-electron chi connectivity index (χ3n) is 5.52. The Bertz CT molecular complexity index is 856. The van der Waals surface area contributed by atoms with Crippen LogP contribution < -0.4 is 9.47 Å². The summed E-state index contributed by atoms with van der Waals surface area (Å²) < 4.78 is 26.9. The van der Waals surface area contributed by atoms with Crippen LogP contribution in [0.2, 0.25) is 0 Å². The molecule has 2 aromatic rings. The summed E-state index contributed by atoms with van der Waals surface area (Å²) in [6.45, 7) is 0.314. The fourth-order valence-electron chi connectivity index (χ4n) is 3.58. The van der Waals surface area contributed by atoms with Crippen molar-refractivity contribution in [1.82, 2.24) is 0 Å². The van der Waals surface area contributed by atoms with Gasteiger partial charge >= 0.3 is 0 Å². The molecule has 182 valence electrons. The second-order valence-electron chi connectivity index (χ2n) is 7.85. The monoisotopic (exact) mass is 464 g/mol. The lowest BCUT2D eigenvalue weighted by Gasteiger charge is -2.39. The van der Waals surface area contributed by atoms with E-state index < -0.39 is 37.3 Å². The van der Waals surface area contributed by atoms with E-state index in [2.05, 4.69) is 0 Å². The number of hydrogen-bond donors (Lipinski definition) is 4. The van der Waals surface area contributed by atoms with Gasteiger partial charge in [-0.2, -0.15) is 0 Å². The van der Waals surface area contributed by atoms with Gasteiger partial charge in [0.25, 0.3) is 0 Å². The van der Waals surface area contributed by atoms with Gasteiger partial charge in [-0.1, -0.05) is 30.3 Å². The van der Waals surface area contributed by atoms with Gasteiger partial charge < -0.3 is 44.1 Å². The minimum Gasteiger partial charge on any atom is -0.497 e. The topological polar surface area (TPSA) is 127 Å². The summed E-state index contributed by atoms with van der Waals surface area (Å²) >= 11 is 0. The molecule has 0 saturated carbocycles. The Balaban J connectivity index is 1.73. The van der Waals surface area contributed by atoms with Gasteiger partial charge in [-0.05, 0) is 29.2 Å². The van der Waals surface area contributed by atoms with Gasteiger partial charge in [0.05, 0.1) is 20.3 Å². The summed E-state index contributed by atoms with van der Waals surface area (Å²) in [5.41, 5.74) is 2.99. The highest BCUT2D eigenvalue weighted by Gasteiger charge is 2.44. The summed E-state index contributed by atoms with van der Waals surface area (Å²) in [7, 11) is 3.12. The number of methoxy groups -OCH3 is 2. The molecule has 3 rings (SSSR count). The lowest BCUT2D eigenvalue weighted by atomic mass is 9.99. The maximum absolute atomic E-state index is 10.3. The first-order valence-corrected chi connectivity index (χ1v) is 10.8. The molecule has 0 bridgehead atoms. The zero-order valence-corrected chi connectivity index (χ0v) is 18.8. The number of hydrogen-bond acceptors (Lipinski definition) is 9. The first kappa shape index (κ1) is 25.4. The van der Waals surface area contributed by atoms with Crippen LogP contribution >= 0.6 is 0 Å². The number of aliphatic hydroxyl groups excluding tert-OH is 4. The Hall–Kier alpha value is -2.24. The molecular formula is C24H32O9. The molecule has 1 aliphatic heterocycles. The molecule has 0 amide bonds. The fraction of sp³-hybridized carbons (Fsp3) is 0.500. The number of benzene rings is 2. The van der Waals surface area contributed by atoms with Crippen molar-refractivity contribution in [3.05, 3.63) is 59.2 Å². The zero-order chi connectivity index (χ0) is 23.8. The van der Waals surface area contributed by atoms with Crippen LogP contribution in [0.1, 0.15) is 16.7 Å². The van der Waals surface area contributed by atoms with Crippen molar-refractivity contribution in [3.8, 4) is 11.5 Å². The molecule has 9 nitrogen and oxygen atoms in total. The molecule has 4 N–H and O–H groups in total. The first-order chi connectivity index (χ1) is 16.0. The van der Waals surface area contributed by atoms with Crippen LogP contribution in [-0.4, -0.2) is 85.4 Å². The molecule has 1 aliphatic rings. The molecule has 9 heteroatoms. The Kier molecular flexibility index (Phi) is 9.45. The van der Waals surface area contributed by atoms with Crippen molar-refractivity contribution < 1.29 is 44.1 Å². The second kappa shape index (κ2) is 12.3. The van der Waals surface area contributed by atoms with Crippen LogP contribution in [0.3, 0.4) is 0 Å². The highest BCUT2D eigenvalue weighted by molar-refractivity contribution is 5.43. The summed E-state index contributed by atoms with van der Waals surface area (Å²) in [6.07, 6.45) is -5.48. The smallest absolute Gasteiger partial charge is 0.229 e. The third kappa shape index (κ3) is 6.64. The Morgan fingerprint density at radius 3 is 2.30 bits per heavy atom. The van der Waals surface area contributed by atoms with Gasteiger partial charge in [-0.15, -0.1) is 0 Å². The molecule has 0 unspecified atom stereocenters. The van der Waals surface area contributed by atoms with E-state index >= 15 is 0 Å². The molecule has 0 spiro atoms. The highest BCUT2D eigenvalue weighted by Crippen LogP contribution is 2.31. The molecular weight excluding hydrogens is 432 g/mol. The van der Waals surface area contributed by atoms with E-state index in [1.165, 1.54) is 7.11 Å². The van der Waals surface area contributed by atoms with Crippen LogP contribution in [-0.2, 0) is 27.1 Å². The van der Waals surface area contributed by atoms with Gasteiger partial charge in [0.2, 0.25) is 6.29 Å². The molecule has 33 heavy (non-hydrogen) atoms. The van der Waals surface area contributed by atoms with Gasteiger partial charge in [-0.3, -0.25) is 0 Å². The summed E-state index contributed by atoms with van der Waals surface area (Å²) in [5.74, 6) is 0.945. The maximum atomic E-state index is 10.3. The molecule has 1 heterocycles. The SMILES string of the molecule is COCOCCc1ccc(Cc2ccc(OC)cc2O[C@H]2O[C@H](CO)[C@@H](O)[C@H](O)[C@H]2O)cc1. The van der Waals surface area contributed by atoms with Crippen LogP contribution in [0.4, 0.5) is 0 Å². The predicted octanol–water partition coefficient (Wildman–Crippen LogP) is 0.628. The summed E-state index contributed by atoms with van der Waals surface area (Å²) in [5, 5.41) is 39.8. The number of rotatable bonds is 11. The van der Waals surface area contributed by atoms with E-state index in [4.69, 9.17) is 23.7 Å². The first-order valence-electron chi connectivity index (χ1n) is 10.8. The third-order valence-corrected chi connectivity index (χ3v) is 5.52. The van der Waals surface area contributed by atoms with E-state index in [0.717, 1.165) is 23.1 Å². The van der Waals surface area contributed by atoms with Crippen LogP contribution in [0.5, 0.6) is 11.5 Å². The van der Waals surface area contributed by atoms with Crippen molar-refractivity contribution in [3.63, 3.8) is 0 Å². The van der Waals surface area contributed by atoms with Crippen molar-refractivity contribution in [2.24, 2.45) is 0 Å². The predicted molar refractivity (Wildman–Crippen MR) is 118 cm³/mol. The minimum atomic E-state index is -1.52. The molecule has 0 radical (unpaired) electrons. The average molecular weight is 465 g/mol. The van der Waals surface area contributed by atoms with Gasteiger partial charge in [0, 0.05) is 19.6 Å². The molecule has 5 atom stereocenters. The number of ether oxygens (including phenoxy) is 5. The molecule has 1 fully saturated rings. The van der Waals surface area contributed by atoms with E-state index in [1.54, 1.807) is 19.2 Å². The average Bonchev–Trinajstić information content (AvgIpc) is 2.84. The van der Waals surface area contributed by atoms with Crippen LogP contribution in [0.15, 0.2) is 42.5 Å². The standard InChI is InChI=1S/C24H32O9/c1-29-14-31-10-9-15-3-5-16(6-4-15)11-17-7-8-18(30-2)12-19(17)32-24-23(28)22(27)21(26)20(13-25)33-24/h3-8,12,20-28H,9-11,13-14H2,1-2H3/t20-,21-,22+,23-,24+/m1/s1. The number of aliphatic hydroxyl groups is 4. The summed E-state index contributed by atoms with van der Waals surface area (Å²) in [4.78, 5) is 0. The van der Waals surface area contributed by atoms with Gasteiger partial charge in [0.1, 0.15) is 42.7 Å². The van der Waals surface area contributed by atoms with Gasteiger partial charge in [0.15, 0.2) is 0 Å². The molecule has 0 aromatic heterocycles. The van der Waals surface area contributed by atoms with Crippen LogP contribution in [0, 0.1) is 0 Å².